The Morgan fingerprint density at radius 1 is 1.03 bits per heavy atom. The second-order valence-electron chi connectivity index (χ2n) is 8.80. The van der Waals surface area contributed by atoms with Gasteiger partial charge in [-0.3, -0.25) is 4.99 Å². The van der Waals surface area contributed by atoms with Crippen molar-refractivity contribution in [3.63, 3.8) is 0 Å². The van der Waals surface area contributed by atoms with Gasteiger partial charge in [-0.2, -0.15) is 0 Å². The average Bonchev–Trinajstić information content (AvgIpc) is 2.84. The van der Waals surface area contributed by atoms with Gasteiger partial charge in [-0.15, -0.1) is 0 Å². The maximum Gasteiger partial charge on any atom is 0.0510 e. The smallest absolute Gasteiger partial charge is 0.0510 e. The first-order valence-electron chi connectivity index (χ1n) is 12.6. The minimum absolute atomic E-state index is 0.116. The van der Waals surface area contributed by atoms with Crippen molar-refractivity contribution in [2.24, 2.45) is 10.9 Å². The zero-order valence-corrected chi connectivity index (χ0v) is 20.6. The first-order chi connectivity index (χ1) is 16.2. The Hall–Kier alpha value is -2.65. The quantitative estimate of drug-likeness (QED) is 0.355. The van der Waals surface area contributed by atoms with Gasteiger partial charge < -0.3 is 10.1 Å². The van der Waals surface area contributed by atoms with Crippen LogP contribution in [0.15, 0.2) is 83.1 Å². The van der Waals surface area contributed by atoms with E-state index in [-0.39, 0.29) is 5.92 Å². The molecule has 2 aromatic carbocycles. The summed E-state index contributed by atoms with van der Waals surface area (Å²) in [6.45, 7) is 8.21. The van der Waals surface area contributed by atoms with Crippen molar-refractivity contribution in [3.8, 4) is 0 Å². The third-order valence-electron chi connectivity index (χ3n) is 6.17. The standard InChI is InChI=1S/C30H40N2O/c1-4-7-17-29(31-6-3)30(25-13-9-8-10-14-25)26-15-11-16-28(23-26)32-27(12-5-2)22-24-18-20-33-21-19-24/h6,8-17,23-24,30,32H,4-5,7,18-22H2,1-3H3/b27-12-,29-17-,31-6?. The minimum atomic E-state index is 0.116. The van der Waals surface area contributed by atoms with Gasteiger partial charge in [0.05, 0.1) is 5.92 Å². The molecular weight excluding hydrogens is 404 g/mol. The first kappa shape index (κ1) is 25.0. The molecule has 0 spiro atoms. The summed E-state index contributed by atoms with van der Waals surface area (Å²) in [7, 11) is 0. The van der Waals surface area contributed by atoms with E-state index in [9.17, 15) is 0 Å². The molecular formula is C30H40N2O. The molecule has 0 aromatic heterocycles. The Balaban J connectivity index is 1.90. The summed E-state index contributed by atoms with van der Waals surface area (Å²) in [4.78, 5) is 4.80. The summed E-state index contributed by atoms with van der Waals surface area (Å²) in [6.07, 6.45) is 13.1. The van der Waals surface area contributed by atoms with Crippen molar-refractivity contribution < 1.29 is 4.74 Å². The van der Waals surface area contributed by atoms with Crippen LogP contribution in [0.1, 0.15) is 76.3 Å². The number of hydrogen-bond donors (Lipinski definition) is 1. The van der Waals surface area contributed by atoms with Crippen molar-refractivity contribution in [1.82, 2.24) is 0 Å². The van der Waals surface area contributed by atoms with Gasteiger partial charge in [-0.1, -0.05) is 74.9 Å². The number of nitrogens with one attached hydrogen (secondary N) is 1. The predicted octanol–water partition coefficient (Wildman–Crippen LogP) is 8.12. The lowest BCUT2D eigenvalue weighted by Crippen LogP contribution is -2.17. The van der Waals surface area contributed by atoms with E-state index in [0.29, 0.717) is 5.92 Å². The van der Waals surface area contributed by atoms with Crippen LogP contribution in [0, 0.1) is 5.92 Å². The molecule has 0 aliphatic carbocycles. The van der Waals surface area contributed by atoms with E-state index in [1.807, 2.05) is 13.1 Å². The Kier molecular flexibility index (Phi) is 10.4. The Morgan fingerprint density at radius 2 is 1.79 bits per heavy atom. The number of hydrogen-bond acceptors (Lipinski definition) is 3. The maximum absolute atomic E-state index is 5.56. The molecule has 3 rings (SSSR count). The molecule has 0 bridgehead atoms. The van der Waals surface area contributed by atoms with Crippen LogP contribution >= 0.6 is 0 Å². The highest BCUT2D eigenvalue weighted by atomic mass is 16.5. The molecule has 176 valence electrons. The lowest BCUT2D eigenvalue weighted by atomic mass is 9.87. The van der Waals surface area contributed by atoms with Crippen LogP contribution in [-0.2, 0) is 4.74 Å². The molecule has 33 heavy (non-hydrogen) atoms. The van der Waals surface area contributed by atoms with Gasteiger partial charge in [0.15, 0.2) is 0 Å². The topological polar surface area (TPSA) is 33.6 Å². The molecule has 1 unspecified atom stereocenters. The fourth-order valence-corrected chi connectivity index (χ4v) is 4.54. The van der Waals surface area contributed by atoms with Crippen LogP contribution in [-0.4, -0.2) is 19.4 Å². The molecule has 1 heterocycles. The van der Waals surface area contributed by atoms with Crippen molar-refractivity contribution in [2.45, 2.75) is 65.2 Å². The molecule has 0 saturated carbocycles. The molecule has 0 radical (unpaired) electrons. The Labute approximate surface area is 200 Å². The van der Waals surface area contributed by atoms with Gasteiger partial charge in [-0.25, -0.2) is 0 Å². The van der Waals surface area contributed by atoms with Crippen LogP contribution in [0.2, 0.25) is 0 Å². The second-order valence-corrected chi connectivity index (χ2v) is 8.80. The summed E-state index contributed by atoms with van der Waals surface area (Å²) in [5, 5.41) is 3.75. The SMILES string of the molecule is CC=N/C(=C\CCC)C(c1ccccc1)c1cccc(N/C(=C\CC)CC2CCOCC2)c1. The van der Waals surface area contributed by atoms with Crippen molar-refractivity contribution in [1.29, 1.82) is 0 Å². The van der Waals surface area contributed by atoms with Crippen LogP contribution < -0.4 is 5.32 Å². The van der Waals surface area contributed by atoms with Crippen LogP contribution in [0.4, 0.5) is 5.69 Å². The maximum atomic E-state index is 5.56. The van der Waals surface area contributed by atoms with Crippen LogP contribution in [0.25, 0.3) is 0 Å². The van der Waals surface area contributed by atoms with Crippen LogP contribution in [0.5, 0.6) is 0 Å². The molecule has 1 aliphatic rings. The van der Waals surface area contributed by atoms with E-state index in [2.05, 4.69) is 85.9 Å². The molecule has 1 saturated heterocycles. The highest BCUT2D eigenvalue weighted by molar-refractivity contribution is 5.58. The number of allylic oxidation sites excluding steroid dienone is 4. The van der Waals surface area contributed by atoms with E-state index in [1.54, 1.807) is 0 Å². The number of nitrogens with zero attached hydrogens (tertiary/aromatic N) is 1. The van der Waals surface area contributed by atoms with Gasteiger partial charge in [-0.05, 0) is 68.2 Å². The van der Waals surface area contributed by atoms with Gasteiger partial charge >= 0.3 is 0 Å². The number of aliphatic imine (C=N–C) groups is 1. The fraction of sp³-hybridized carbons (Fsp3) is 0.433. The molecule has 1 N–H and O–H groups in total. The predicted molar refractivity (Wildman–Crippen MR) is 142 cm³/mol. The number of rotatable bonds is 11. The Bertz CT molecular complexity index is 923. The number of benzene rings is 2. The molecule has 2 aromatic rings. The van der Waals surface area contributed by atoms with E-state index < -0.39 is 0 Å². The molecule has 0 amide bonds. The van der Waals surface area contributed by atoms with Crippen molar-refractivity contribution in [2.75, 3.05) is 18.5 Å². The summed E-state index contributed by atoms with van der Waals surface area (Å²) in [6, 6.07) is 19.6. The monoisotopic (exact) mass is 444 g/mol. The summed E-state index contributed by atoms with van der Waals surface area (Å²) >= 11 is 0. The van der Waals surface area contributed by atoms with E-state index in [0.717, 1.165) is 63.1 Å². The molecule has 3 nitrogen and oxygen atoms in total. The largest absolute Gasteiger partial charge is 0.381 e. The average molecular weight is 445 g/mol. The highest BCUT2D eigenvalue weighted by Gasteiger charge is 2.20. The second kappa shape index (κ2) is 13.8. The summed E-state index contributed by atoms with van der Waals surface area (Å²) in [5.41, 5.74) is 6.13. The van der Waals surface area contributed by atoms with Crippen molar-refractivity contribution >= 4 is 11.9 Å². The fourth-order valence-electron chi connectivity index (χ4n) is 4.54. The molecule has 1 fully saturated rings. The zero-order valence-electron chi connectivity index (χ0n) is 20.6. The summed E-state index contributed by atoms with van der Waals surface area (Å²) < 4.78 is 5.56. The third kappa shape index (κ3) is 7.71. The normalized spacial score (nSPS) is 16.8. The molecule has 1 atom stereocenters. The third-order valence-corrected chi connectivity index (χ3v) is 6.17. The molecule has 1 aliphatic heterocycles. The van der Waals surface area contributed by atoms with E-state index >= 15 is 0 Å². The highest BCUT2D eigenvalue weighted by Crippen LogP contribution is 2.35. The van der Waals surface area contributed by atoms with Crippen molar-refractivity contribution in [3.05, 3.63) is 89.3 Å². The first-order valence-corrected chi connectivity index (χ1v) is 12.6. The molecule has 3 heteroatoms. The zero-order chi connectivity index (χ0) is 23.3. The number of anilines is 1. The van der Waals surface area contributed by atoms with Crippen LogP contribution in [0.3, 0.4) is 0 Å². The van der Waals surface area contributed by atoms with Gasteiger partial charge in [0.2, 0.25) is 0 Å². The van der Waals surface area contributed by atoms with E-state index in [4.69, 9.17) is 9.73 Å². The van der Waals surface area contributed by atoms with Gasteiger partial charge in [0.25, 0.3) is 0 Å². The number of unbranched alkanes of at least 4 members (excludes halogenated alkanes) is 1. The number of ether oxygens (including phenoxy) is 1. The minimum Gasteiger partial charge on any atom is -0.381 e. The lowest BCUT2D eigenvalue weighted by molar-refractivity contribution is 0.0666. The van der Waals surface area contributed by atoms with E-state index in [1.165, 1.54) is 16.8 Å². The van der Waals surface area contributed by atoms with Gasteiger partial charge in [0, 0.05) is 36.5 Å². The summed E-state index contributed by atoms with van der Waals surface area (Å²) in [5.74, 6) is 0.816. The Morgan fingerprint density at radius 3 is 2.48 bits per heavy atom. The lowest BCUT2D eigenvalue weighted by Gasteiger charge is -2.24. The van der Waals surface area contributed by atoms with Gasteiger partial charge in [0.1, 0.15) is 0 Å².